The standard InChI is InChI=1S/C49H32N2/c1-3-16-33(17-4-1)49(34-18-5-2-6-19-34)42-25-10-7-20-36(42)37-31-30-35(32-43(37)49)50-44-26-11-8-21-38(44)40-23-15-24-41-39-22-9-12-27-45(39)51(48(40)41)47-29-14-13-28-46(47)50/h1-32H. The first-order valence-corrected chi connectivity index (χ1v) is 17.7. The highest BCUT2D eigenvalue weighted by Crippen LogP contribution is 2.56. The lowest BCUT2D eigenvalue weighted by molar-refractivity contribution is 0.767. The number of benzene rings is 8. The molecule has 10 aromatic rings. The summed E-state index contributed by atoms with van der Waals surface area (Å²) in [4.78, 5) is 0. The quantitative estimate of drug-likeness (QED) is 0.180. The van der Waals surface area contributed by atoms with Gasteiger partial charge in [0.1, 0.15) is 0 Å². The van der Waals surface area contributed by atoms with Crippen molar-refractivity contribution in [2.75, 3.05) is 0 Å². The van der Waals surface area contributed by atoms with Gasteiger partial charge in [-0.05, 0) is 69.8 Å². The molecular formula is C49H32N2. The van der Waals surface area contributed by atoms with Gasteiger partial charge in [0.25, 0.3) is 0 Å². The van der Waals surface area contributed by atoms with Crippen LogP contribution in [0.5, 0.6) is 0 Å². The average molecular weight is 649 g/mol. The molecule has 0 radical (unpaired) electrons. The molecule has 2 heteroatoms. The molecule has 8 aromatic carbocycles. The molecule has 0 spiro atoms. The van der Waals surface area contributed by atoms with Gasteiger partial charge < -0.3 is 8.97 Å². The van der Waals surface area contributed by atoms with Gasteiger partial charge in [-0.15, -0.1) is 0 Å². The van der Waals surface area contributed by atoms with Crippen molar-refractivity contribution in [2.24, 2.45) is 0 Å². The minimum absolute atomic E-state index is 0.484. The molecule has 0 bridgehead atoms. The number of aromatic nitrogens is 2. The molecule has 0 saturated heterocycles. The normalized spacial score (nSPS) is 13.3. The van der Waals surface area contributed by atoms with Crippen LogP contribution in [0, 0.1) is 0 Å². The topological polar surface area (TPSA) is 9.34 Å². The van der Waals surface area contributed by atoms with Crippen LogP contribution in [0.15, 0.2) is 194 Å². The SMILES string of the molecule is c1ccc(C2(c3ccccc3)c3ccccc3-c3ccc(-n4c5ccccc5c5cccc6c7ccccc7n(c7ccccc74)c56)cc32)cc1. The van der Waals surface area contributed by atoms with Crippen molar-refractivity contribution >= 4 is 49.1 Å². The molecule has 0 fully saturated rings. The number of rotatable bonds is 3. The molecule has 0 aliphatic heterocycles. The Bertz CT molecular complexity index is 2980. The summed E-state index contributed by atoms with van der Waals surface area (Å²) in [6.07, 6.45) is 0. The van der Waals surface area contributed by atoms with Gasteiger partial charge in [0.05, 0.1) is 33.0 Å². The lowest BCUT2D eigenvalue weighted by Crippen LogP contribution is -2.28. The Morgan fingerprint density at radius 3 is 1.55 bits per heavy atom. The van der Waals surface area contributed by atoms with Crippen LogP contribution in [0.2, 0.25) is 0 Å². The summed E-state index contributed by atoms with van der Waals surface area (Å²) >= 11 is 0. The van der Waals surface area contributed by atoms with E-state index in [-0.39, 0.29) is 0 Å². The Morgan fingerprint density at radius 1 is 0.333 bits per heavy atom. The van der Waals surface area contributed by atoms with E-state index >= 15 is 0 Å². The van der Waals surface area contributed by atoms with Gasteiger partial charge in [-0.25, -0.2) is 0 Å². The van der Waals surface area contributed by atoms with Gasteiger partial charge in [-0.1, -0.05) is 158 Å². The second kappa shape index (κ2) is 10.7. The van der Waals surface area contributed by atoms with Crippen molar-refractivity contribution < 1.29 is 0 Å². The Balaban J connectivity index is 1.34. The summed E-state index contributed by atoms with van der Waals surface area (Å²) in [5.74, 6) is 0. The molecule has 2 heterocycles. The predicted molar refractivity (Wildman–Crippen MR) is 213 cm³/mol. The molecule has 51 heavy (non-hydrogen) atoms. The largest absolute Gasteiger partial charge is 0.308 e. The number of fused-ring (bicyclic) bond motifs is 10. The smallest absolute Gasteiger partial charge is 0.0714 e. The molecule has 0 saturated carbocycles. The van der Waals surface area contributed by atoms with E-state index in [1.807, 2.05) is 0 Å². The zero-order valence-electron chi connectivity index (χ0n) is 27.9. The highest BCUT2D eigenvalue weighted by Gasteiger charge is 2.46. The number of hydrogen-bond donors (Lipinski definition) is 0. The Labute approximate surface area is 295 Å². The van der Waals surface area contributed by atoms with E-state index < -0.39 is 5.41 Å². The van der Waals surface area contributed by atoms with Crippen LogP contribution in [0.3, 0.4) is 0 Å². The first-order chi connectivity index (χ1) is 25.3. The van der Waals surface area contributed by atoms with Crippen LogP contribution in [-0.2, 0) is 5.41 Å². The van der Waals surface area contributed by atoms with Gasteiger partial charge in [0.2, 0.25) is 0 Å². The molecule has 1 aliphatic carbocycles. The highest BCUT2D eigenvalue weighted by atomic mass is 15.0. The van der Waals surface area contributed by atoms with E-state index in [4.69, 9.17) is 0 Å². The van der Waals surface area contributed by atoms with Crippen LogP contribution in [-0.4, -0.2) is 8.97 Å². The first-order valence-electron chi connectivity index (χ1n) is 17.7. The molecule has 1 aliphatic rings. The average Bonchev–Trinajstić information content (AvgIpc) is 3.69. The van der Waals surface area contributed by atoms with Gasteiger partial charge in [-0.3, -0.25) is 0 Å². The fourth-order valence-electron chi connectivity index (χ4n) is 9.20. The van der Waals surface area contributed by atoms with Crippen LogP contribution in [0.1, 0.15) is 22.3 Å². The van der Waals surface area contributed by atoms with Crippen molar-refractivity contribution in [2.45, 2.75) is 5.41 Å². The van der Waals surface area contributed by atoms with Gasteiger partial charge in [0, 0.05) is 27.2 Å². The zero-order valence-corrected chi connectivity index (χ0v) is 27.9. The summed E-state index contributed by atoms with van der Waals surface area (Å²) in [5, 5.41) is 4.98. The zero-order chi connectivity index (χ0) is 33.5. The van der Waals surface area contributed by atoms with Crippen LogP contribution < -0.4 is 0 Å². The molecule has 0 unspecified atom stereocenters. The molecule has 2 aromatic heterocycles. The minimum atomic E-state index is -0.484. The molecule has 238 valence electrons. The lowest BCUT2D eigenvalue weighted by Gasteiger charge is -2.34. The molecule has 0 N–H and O–H groups in total. The summed E-state index contributed by atoms with van der Waals surface area (Å²) in [5.41, 5.74) is 14.3. The second-order valence-corrected chi connectivity index (χ2v) is 13.7. The van der Waals surface area contributed by atoms with E-state index in [1.165, 1.54) is 66.0 Å². The van der Waals surface area contributed by atoms with E-state index in [0.717, 1.165) is 22.2 Å². The van der Waals surface area contributed by atoms with E-state index in [9.17, 15) is 0 Å². The lowest BCUT2D eigenvalue weighted by atomic mass is 9.67. The number of hydrogen-bond acceptors (Lipinski definition) is 0. The fourth-order valence-corrected chi connectivity index (χ4v) is 9.20. The second-order valence-electron chi connectivity index (χ2n) is 13.7. The third-order valence-corrected chi connectivity index (χ3v) is 11.2. The van der Waals surface area contributed by atoms with Crippen molar-refractivity contribution in [1.29, 1.82) is 0 Å². The summed E-state index contributed by atoms with van der Waals surface area (Å²) in [7, 11) is 0. The Hall–Kier alpha value is -6.64. The third-order valence-electron chi connectivity index (χ3n) is 11.2. The molecule has 2 nitrogen and oxygen atoms in total. The highest BCUT2D eigenvalue weighted by molar-refractivity contribution is 6.20. The summed E-state index contributed by atoms with van der Waals surface area (Å²) in [6.45, 7) is 0. The van der Waals surface area contributed by atoms with Crippen molar-refractivity contribution in [1.82, 2.24) is 8.97 Å². The summed E-state index contributed by atoms with van der Waals surface area (Å²) in [6, 6.07) is 71.7. The maximum absolute atomic E-state index is 2.49. The van der Waals surface area contributed by atoms with E-state index in [2.05, 4.69) is 203 Å². The Kier molecular flexibility index (Phi) is 5.91. The van der Waals surface area contributed by atoms with E-state index in [0.29, 0.717) is 0 Å². The van der Waals surface area contributed by atoms with Crippen LogP contribution >= 0.6 is 0 Å². The van der Waals surface area contributed by atoms with Crippen molar-refractivity contribution in [3.63, 3.8) is 0 Å². The fraction of sp³-hybridized carbons (Fsp3) is 0.0204. The van der Waals surface area contributed by atoms with Crippen LogP contribution in [0.4, 0.5) is 0 Å². The Morgan fingerprint density at radius 2 is 0.843 bits per heavy atom. The van der Waals surface area contributed by atoms with Crippen molar-refractivity contribution in [3.8, 4) is 16.8 Å². The predicted octanol–water partition coefficient (Wildman–Crippen LogP) is 12.3. The molecule has 11 rings (SSSR count). The first kappa shape index (κ1) is 28.2. The minimum Gasteiger partial charge on any atom is -0.308 e. The maximum Gasteiger partial charge on any atom is 0.0714 e. The van der Waals surface area contributed by atoms with Crippen molar-refractivity contribution in [3.05, 3.63) is 216 Å². The third kappa shape index (κ3) is 3.76. The monoisotopic (exact) mass is 648 g/mol. The summed E-state index contributed by atoms with van der Waals surface area (Å²) < 4.78 is 4.98. The molecular weight excluding hydrogens is 617 g/mol. The van der Waals surface area contributed by atoms with Gasteiger partial charge >= 0.3 is 0 Å². The number of para-hydroxylation sites is 5. The van der Waals surface area contributed by atoms with E-state index in [1.54, 1.807) is 0 Å². The van der Waals surface area contributed by atoms with Gasteiger partial charge in [0.15, 0.2) is 0 Å². The maximum atomic E-state index is 2.49. The van der Waals surface area contributed by atoms with Crippen LogP contribution in [0.25, 0.3) is 65.9 Å². The number of nitrogens with zero attached hydrogens (tertiary/aromatic N) is 2. The van der Waals surface area contributed by atoms with Gasteiger partial charge in [-0.2, -0.15) is 0 Å². The molecule has 0 atom stereocenters. The molecule has 0 amide bonds.